The van der Waals surface area contributed by atoms with Gasteiger partial charge in [0.15, 0.2) is 0 Å². The van der Waals surface area contributed by atoms with Crippen LogP contribution in [0.2, 0.25) is 10.0 Å². The molecule has 0 saturated heterocycles. The fourth-order valence-corrected chi connectivity index (χ4v) is 7.08. The first-order valence-corrected chi connectivity index (χ1v) is 17.7. The number of benzene rings is 3. The van der Waals surface area contributed by atoms with Crippen molar-refractivity contribution in [1.82, 2.24) is 10.2 Å². The van der Waals surface area contributed by atoms with Gasteiger partial charge in [-0.1, -0.05) is 96.6 Å². The quantitative estimate of drug-likeness (QED) is 0.216. The lowest BCUT2D eigenvalue weighted by Gasteiger charge is -2.34. The molecule has 0 radical (unpaired) electrons. The van der Waals surface area contributed by atoms with Gasteiger partial charge in [0.1, 0.15) is 6.04 Å². The molecule has 1 aliphatic rings. The van der Waals surface area contributed by atoms with E-state index in [1.807, 2.05) is 49.4 Å². The molecule has 44 heavy (non-hydrogen) atoms. The number of sulfonamides is 1. The summed E-state index contributed by atoms with van der Waals surface area (Å²) in [6.07, 6.45) is 6.93. The molecule has 2 amide bonds. The number of rotatable bonds is 13. The van der Waals surface area contributed by atoms with Crippen molar-refractivity contribution in [2.24, 2.45) is 0 Å². The fraction of sp³-hybridized carbons (Fsp3) is 0.412. The van der Waals surface area contributed by atoms with E-state index in [2.05, 4.69) is 5.32 Å². The van der Waals surface area contributed by atoms with Crippen LogP contribution in [-0.4, -0.2) is 50.0 Å². The predicted octanol–water partition coefficient (Wildman–Crippen LogP) is 6.94. The highest BCUT2D eigenvalue weighted by Gasteiger charge is 2.32. The summed E-state index contributed by atoms with van der Waals surface area (Å²) in [4.78, 5) is 29.6. The van der Waals surface area contributed by atoms with Crippen molar-refractivity contribution in [3.8, 4) is 0 Å². The minimum atomic E-state index is -3.58. The molecule has 0 aromatic heterocycles. The first-order chi connectivity index (χ1) is 21.0. The summed E-state index contributed by atoms with van der Waals surface area (Å²) in [5.74, 6) is -0.454. The summed E-state index contributed by atoms with van der Waals surface area (Å²) < 4.78 is 26.7. The maximum atomic E-state index is 14.1. The van der Waals surface area contributed by atoms with E-state index >= 15 is 0 Å². The van der Waals surface area contributed by atoms with Gasteiger partial charge in [-0.15, -0.1) is 0 Å². The molecule has 1 aliphatic carbocycles. The summed E-state index contributed by atoms with van der Waals surface area (Å²) >= 11 is 12.7. The monoisotopic (exact) mass is 657 g/mol. The normalized spacial score (nSPS) is 14.5. The van der Waals surface area contributed by atoms with E-state index in [-0.39, 0.29) is 43.8 Å². The first-order valence-electron chi connectivity index (χ1n) is 15.1. The topological polar surface area (TPSA) is 86.8 Å². The molecular formula is C34H41Cl2N3O4S. The Labute approximate surface area is 271 Å². The second-order valence-corrected chi connectivity index (χ2v) is 14.3. The molecule has 10 heteroatoms. The Kier molecular flexibility index (Phi) is 12.1. The maximum Gasteiger partial charge on any atom is 0.243 e. The third kappa shape index (κ3) is 9.71. The number of nitrogens with zero attached hydrogens (tertiary/aromatic N) is 2. The molecule has 0 bridgehead atoms. The molecule has 0 spiro atoms. The van der Waals surface area contributed by atoms with Gasteiger partial charge >= 0.3 is 0 Å². The van der Waals surface area contributed by atoms with Gasteiger partial charge in [0.25, 0.3) is 0 Å². The van der Waals surface area contributed by atoms with Crippen molar-refractivity contribution in [1.29, 1.82) is 0 Å². The maximum absolute atomic E-state index is 14.1. The Morgan fingerprint density at radius 3 is 2.27 bits per heavy atom. The molecule has 4 rings (SSSR count). The van der Waals surface area contributed by atoms with Crippen molar-refractivity contribution < 1.29 is 18.0 Å². The van der Waals surface area contributed by atoms with Crippen LogP contribution in [0.15, 0.2) is 72.8 Å². The van der Waals surface area contributed by atoms with E-state index in [1.54, 1.807) is 35.2 Å². The van der Waals surface area contributed by atoms with Gasteiger partial charge in [0, 0.05) is 42.0 Å². The zero-order valence-electron chi connectivity index (χ0n) is 25.3. The van der Waals surface area contributed by atoms with E-state index in [9.17, 15) is 18.0 Å². The van der Waals surface area contributed by atoms with Crippen molar-refractivity contribution in [3.63, 3.8) is 0 Å². The van der Waals surface area contributed by atoms with Gasteiger partial charge in [-0.05, 0) is 61.6 Å². The van der Waals surface area contributed by atoms with Crippen LogP contribution in [0.5, 0.6) is 0 Å². The van der Waals surface area contributed by atoms with Crippen LogP contribution in [0.1, 0.15) is 61.6 Å². The Balaban J connectivity index is 1.61. The standard InChI is InChI=1S/C34H41Cl2N3O4S/c1-25-15-19-30(20-16-25)39(44(2,42)43)21-9-14-33(40)38(24-27-17-18-28(35)23-31(27)36)32(22-26-10-5-3-6-11-26)34(41)37-29-12-7-4-8-13-29/h3,5-6,10-11,15-20,23,29,32H,4,7-9,12-14,21-22,24H2,1-2H3,(H,37,41)/t32-/m1/s1. The molecule has 1 fully saturated rings. The highest BCUT2D eigenvalue weighted by molar-refractivity contribution is 7.92. The average Bonchev–Trinajstić information content (AvgIpc) is 2.99. The van der Waals surface area contributed by atoms with Gasteiger partial charge in [-0.25, -0.2) is 8.42 Å². The number of hydrogen-bond donors (Lipinski definition) is 1. The number of carbonyl (C=O) groups excluding carboxylic acids is 2. The minimum Gasteiger partial charge on any atom is -0.352 e. The lowest BCUT2D eigenvalue weighted by molar-refractivity contribution is -0.141. The van der Waals surface area contributed by atoms with E-state index in [4.69, 9.17) is 23.2 Å². The average molecular weight is 659 g/mol. The zero-order valence-corrected chi connectivity index (χ0v) is 27.7. The van der Waals surface area contributed by atoms with Crippen LogP contribution in [0.25, 0.3) is 0 Å². The SMILES string of the molecule is Cc1ccc(N(CCCC(=O)N(Cc2ccc(Cl)cc2Cl)[C@H](Cc2ccccc2)C(=O)NC2CCCCC2)S(C)(=O)=O)cc1. The summed E-state index contributed by atoms with van der Waals surface area (Å²) in [6, 6.07) is 21.3. The van der Waals surface area contributed by atoms with Crippen LogP contribution < -0.4 is 9.62 Å². The van der Waals surface area contributed by atoms with Crippen LogP contribution in [0, 0.1) is 6.92 Å². The second-order valence-electron chi connectivity index (χ2n) is 11.6. The van der Waals surface area contributed by atoms with Crippen molar-refractivity contribution in [3.05, 3.63) is 99.5 Å². The number of aryl methyl sites for hydroxylation is 1. The van der Waals surface area contributed by atoms with Crippen molar-refractivity contribution in [2.45, 2.75) is 76.9 Å². The van der Waals surface area contributed by atoms with E-state index in [0.717, 1.165) is 49.5 Å². The van der Waals surface area contributed by atoms with E-state index in [0.29, 0.717) is 27.7 Å². The number of carbonyl (C=O) groups is 2. The van der Waals surface area contributed by atoms with Gasteiger partial charge in [0.2, 0.25) is 21.8 Å². The Hall–Kier alpha value is -3.07. The van der Waals surface area contributed by atoms with Gasteiger partial charge in [0.05, 0.1) is 11.9 Å². The smallest absolute Gasteiger partial charge is 0.243 e. The Morgan fingerprint density at radius 2 is 1.64 bits per heavy atom. The van der Waals surface area contributed by atoms with Crippen LogP contribution in [-0.2, 0) is 32.6 Å². The van der Waals surface area contributed by atoms with Crippen LogP contribution in [0.4, 0.5) is 5.69 Å². The first kappa shape index (κ1) is 33.8. The molecule has 1 N–H and O–H groups in total. The van der Waals surface area contributed by atoms with Crippen molar-refractivity contribution in [2.75, 3.05) is 17.1 Å². The summed E-state index contributed by atoms with van der Waals surface area (Å²) in [6.45, 7) is 2.17. The van der Waals surface area contributed by atoms with Gasteiger partial charge in [-0.3, -0.25) is 13.9 Å². The molecule has 7 nitrogen and oxygen atoms in total. The number of anilines is 1. The van der Waals surface area contributed by atoms with Crippen LogP contribution >= 0.6 is 23.2 Å². The summed E-state index contributed by atoms with van der Waals surface area (Å²) in [5, 5.41) is 4.11. The van der Waals surface area contributed by atoms with Crippen LogP contribution in [0.3, 0.4) is 0 Å². The summed E-state index contributed by atoms with van der Waals surface area (Å²) in [5.41, 5.74) is 3.17. The van der Waals surface area contributed by atoms with Crippen molar-refractivity contribution >= 4 is 50.7 Å². The number of amides is 2. The molecule has 0 aliphatic heterocycles. The van der Waals surface area contributed by atoms with E-state index in [1.165, 1.54) is 4.31 Å². The molecule has 0 unspecified atom stereocenters. The lowest BCUT2D eigenvalue weighted by atomic mass is 9.94. The number of halogens is 2. The number of nitrogens with one attached hydrogen (secondary N) is 1. The molecule has 1 atom stereocenters. The largest absolute Gasteiger partial charge is 0.352 e. The second kappa shape index (κ2) is 15.8. The number of hydrogen-bond acceptors (Lipinski definition) is 4. The zero-order chi connectivity index (χ0) is 31.7. The molecule has 1 saturated carbocycles. The third-order valence-corrected chi connectivity index (χ3v) is 9.83. The highest BCUT2D eigenvalue weighted by atomic mass is 35.5. The minimum absolute atomic E-state index is 0.0467. The lowest BCUT2D eigenvalue weighted by Crippen LogP contribution is -2.53. The van der Waals surface area contributed by atoms with Gasteiger partial charge < -0.3 is 10.2 Å². The molecule has 236 valence electrons. The Bertz CT molecular complexity index is 1510. The molecule has 3 aromatic rings. The third-order valence-electron chi connectivity index (χ3n) is 8.05. The van der Waals surface area contributed by atoms with E-state index < -0.39 is 16.1 Å². The molecule has 3 aromatic carbocycles. The highest BCUT2D eigenvalue weighted by Crippen LogP contribution is 2.26. The van der Waals surface area contributed by atoms with Gasteiger partial charge in [-0.2, -0.15) is 0 Å². The predicted molar refractivity (Wildman–Crippen MR) is 179 cm³/mol. The summed E-state index contributed by atoms with van der Waals surface area (Å²) in [7, 11) is -3.58. The fourth-order valence-electron chi connectivity index (χ4n) is 5.65. The molecular weight excluding hydrogens is 617 g/mol. The Morgan fingerprint density at radius 1 is 0.955 bits per heavy atom. The molecule has 0 heterocycles.